The molecule has 0 N–H and O–H groups in total. The number of nitrogens with zero attached hydrogens (tertiary/aromatic N) is 4. The lowest BCUT2D eigenvalue weighted by Gasteiger charge is -2.33. The highest BCUT2D eigenvalue weighted by atomic mass is 15.3. The average Bonchev–Trinajstić information content (AvgIpc) is 2.91. The number of pyridine rings is 1. The number of aromatic nitrogens is 2. The maximum absolute atomic E-state index is 4.48. The molecule has 0 radical (unpaired) electrons. The molecule has 3 rings (SSSR count). The Morgan fingerprint density at radius 3 is 2.38 bits per heavy atom. The minimum absolute atomic E-state index is 1.04. The van der Waals surface area contributed by atoms with E-state index in [4.69, 9.17) is 0 Å². The van der Waals surface area contributed by atoms with Crippen LogP contribution in [-0.4, -0.2) is 47.5 Å². The molecule has 2 aromatic heterocycles. The fourth-order valence-corrected chi connectivity index (χ4v) is 2.34. The molecule has 1 aliphatic rings. The van der Waals surface area contributed by atoms with Gasteiger partial charge in [0, 0.05) is 32.4 Å². The van der Waals surface area contributed by atoms with Crippen molar-refractivity contribution in [3.63, 3.8) is 0 Å². The molecule has 0 aromatic carbocycles. The van der Waals surface area contributed by atoms with Crippen LogP contribution in [-0.2, 0) is 0 Å². The van der Waals surface area contributed by atoms with Crippen molar-refractivity contribution in [3.8, 4) is 0 Å². The van der Waals surface area contributed by atoms with Crippen LogP contribution in [0.3, 0.4) is 0 Å². The Balaban J connectivity index is 0.000000361. The maximum atomic E-state index is 4.48. The van der Waals surface area contributed by atoms with Gasteiger partial charge in [-0.2, -0.15) is 0 Å². The number of fused-ring (bicyclic) bond motifs is 1. The van der Waals surface area contributed by atoms with Crippen LogP contribution in [0.2, 0.25) is 0 Å². The van der Waals surface area contributed by atoms with E-state index in [0.717, 1.165) is 31.8 Å². The molecule has 4 heteroatoms. The number of rotatable bonds is 2. The number of imidazole rings is 1. The number of hydrogen-bond acceptors (Lipinski definition) is 3. The molecule has 0 aliphatic carbocycles. The monoisotopic (exact) mass is 288 g/mol. The molecule has 0 atom stereocenters. The predicted octanol–water partition coefficient (Wildman–Crippen LogP) is 3.20. The number of anilines is 1. The summed E-state index contributed by atoms with van der Waals surface area (Å²) in [6.45, 7) is 10.9. The first-order chi connectivity index (χ1) is 10.2. The second-order valence-electron chi connectivity index (χ2n) is 5.84. The summed E-state index contributed by atoms with van der Waals surface area (Å²) in [7, 11) is 2.18. The Kier molecular flexibility index (Phi) is 5.62. The summed E-state index contributed by atoms with van der Waals surface area (Å²) >= 11 is 0. The lowest BCUT2D eigenvalue weighted by molar-refractivity contribution is 0.312. The van der Waals surface area contributed by atoms with Gasteiger partial charge in [-0.25, -0.2) is 4.98 Å². The van der Waals surface area contributed by atoms with Gasteiger partial charge in [0.2, 0.25) is 0 Å². The largest absolute Gasteiger partial charge is 0.354 e. The molecule has 21 heavy (non-hydrogen) atoms. The third-order valence-electron chi connectivity index (χ3n) is 3.98. The van der Waals surface area contributed by atoms with E-state index in [1.807, 2.05) is 6.20 Å². The number of hydrogen-bond donors (Lipinski definition) is 0. The van der Waals surface area contributed by atoms with E-state index in [-0.39, 0.29) is 0 Å². The predicted molar refractivity (Wildman–Crippen MR) is 90.2 cm³/mol. The first-order valence-corrected chi connectivity index (χ1v) is 8.03. The summed E-state index contributed by atoms with van der Waals surface area (Å²) in [5, 5.41) is 0. The highest BCUT2D eigenvalue weighted by Crippen LogP contribution is 2.18. The minimum atomic E-state index is 1.04. The van der Waals surface area contributed by atoms with Crippen molar-refractivity contribution in [2.45, 2.75) is 33.6 Å². The van der Waals surface area contributed by atoms with Crippen LogP contribution >= 0.6 is 0 Å². The van der Waals surface area contributed by atoms with Gasteiger partial charge in [-0.15, -0.1) is 0 Å². The fourth-order valence-electron chi connectivity index (χ4n) is 2.34. The van der Waals surface area contributed by atoms with Crippen molar-refractivity contribution < 1.29 is 0 Å². The first kappa shape index (κ1) is 15.8. The lowest BCUT2D eigenvalue weighted by atomic mass is 10.3. The molecule has 0 saturated carbocycles. The standard InChI is InChI=1S/C13H18N4.C4H10/c1-11-3-4-17-12(9-11)14-10-13(17)16-7-5-15(2)6-8-16;1-3-4-2/h3-4,9-10H,5-8H2,1-2H3;3-4H2,1-2H3. The van der Waals surface area contributed by atoms with Crippen molar-refractivity contribution in [1.29, 1.82) is 0 Å². The van der Waals surface area contributed by atoms with E-state index in [1.54, 1.807) is 0 Å². The SMILES string of the molecule is CCCC.Cc1ccn2c(N3CCN(C)CC3)cnc2c1. The molecular formula is C17H28N4. The zero-order valence-corrected chi connectivity index (χ0v) is 13.8. The highest BCUT2D eigenvalue weighted by Gasteiger charge is 2.17. The molecule has 1 fully saturated rings. The Morgan fingerprint density at radius 1 is 1.10 bits per heavy atom. The zero-order valence-electron chi connectivity index (χ0n) is 13.8. The molecule has 3 heterocycles. The van der Waals surface area contributed by atoms with Gasteiger partial charge in [-0.1, -0.05) is 26.7 Å². The van der Waals surface area contributed by atoms with Crippen LogP contribution in [0.4, 0.5) is 5.82 Å². The minimum Gasteiger partial charge on any atom is -0.354 e. The van der Waals surface area contributed by atoms with Crippen LogP contribution in [0.15, 0.2) is 24.5 Å². The van der Waals surface area contributed by atoms with Gasteiger partial charge < -0.3 is 9.80 Å². The van der Waals surface area contributed by atoms with E-state index in [1.165, 1.54) is 24.2 Å². The van der Waals surface area contributed by atoms with Gasteiger partial charge in [-0.05, 0) is 31.7 Å². The smallest absolute Gasteiger partial charge is 0.138 e. The van der Waals surface area contributed by atoms with E-state index in [0.29, 0.717) is 0 Å². The van der Waals surface area contributed by atoms with Crippen LogP contribution in [0.25, 0.3) is 5.65 Å². The van der Waals surface area contributed by atoms with Gasteiger partial charge in [0.05, 0.1) is 6.20 Å². The van der Waals surface area contributed by atoms with Crippen LogP contribution < -0.4 is 4.90 Å². The Labute approximate surface area is 128 Å². The van der Waals surface area contributed by atoms with E-state index in [9.17, 15) is 0 Å². The average molecular weight is 288 g/mol. The molecule has 2 aromatic rings. The fraction of sp³-hybridized carbons (Fsp3) is 0.588. The molecular weight excluding hydrogens is 260 g/mol. The maximum Gasteiger partial charge on any atom is 0.138 e. The van der Waals surface area contributed by atoms with Crippen molar-refractivity contribution in [3.05, 3.63) is 30.1 Å². The van der Waals surface area contributed by atoms with E-state index in [2.05, 4.69) is 65.3 Å². The Morgan fingerprint density at radius 2 is 1.76 bits per heavy atom. The van der Waals surface area contributed by atoms with Crippen LogP contribution in [0.1, 0.15) is 32.3 Å². The second-order valence-corrected chi connectivity index (χ2v) is 5.84. The molecule has 116 valence electrons. The van der Waals surface area contributed by atoms with Crippen molar-refractivity contribution in [1.82, 2.24) is 14.3 Å². The summed E-state index contributed by atoms with van der Waals surface area (Å²) < 4.78 is 2.18. The Hall–Kier alpha value is -1.55. The van der Waals surface area contributed by atoms with Gasteiger partial charge >= 0.3 is 0 Å². The first-order valence-electron chi connectivity index (χ1n) is 8.03. The van der Waals surface area contributed by atoms with Crippen LogP contribution in [0, 0.1) is 6.92 Å². The van der Waals surface area contributed by atoms with E-state index >= 15 is 0 Å². The zero-order chi connectivity index (χ0) is 15.2. The topological polar surface area (TPSA) is 23.8 Å². The number of unbranched alkanes of at least 4 members (excludes halogenated alkanes) is 1. The molecule has 1 aliphatic heterocycles. The third kappa shape index (κ3) is 3.97. The summed E-state index contributed by atoms with van der Waals surface area (Å²) in [5.41, 5.74) is 2.30. The van der Waals surface area contributed by atoms with Gasteiger partial charge in [0.1, 0.15) is 11.5 Å². The summed E-state index contributed by atoms with van der Waals surface area (Å²) in [5.74, 6) is 1.22. The highest BCUT2D eigenvalue weighted by molar-refractivity contribution is 5.53. The lowest BCUT2D eigenvalue weighted by Crippen LogP contribution is -2.44. The summed E-state index contributed by atoms with van der Waals surface area (Å²) in [6, 6.07) is 4.26. The molecule has 4 nitrogen and oxygen atoms in total. The molecule has 0 spiro atoms. The van der Waals surface area contributed by atoms with Crippen LogP contribution in [0.5, 0.6) is 0 Å². The Bertz CT molecular complexity index is 551. The summed E-state index contributed by atoms with van der Waals surface area (Å²) in [4.78, 5) is 9.26. The summed E-state index contributed by atoms with van der Waals surface area (Å²) in [6.07, 6.45) is 6.74. The number of piperazine rings is 1. The normalized spacial score (nSPS) is 15.9. The molecule has 0 bridgehead atoms. The molecule has 1 saturated heterocycles. The number of aryl methyl sites for hydroxylation is 1. The van der Waals surface area contributed by atoms with E-state index < -0.39 is 0 Å². The van der Waals surface area contributed by atoms with Crippen molar-refractivity contribution in [2.75, 3.05) is 38.1 Å². The molecule has 0 unspecified atom stereocenters. The van der Waals surface area contributed by atoms with Gasteiger partial charge in [-0.3, -0.25) is 4.40 Å². The number of likely N-dealkylation sites (N-methyl/N-ethyl adjacent to an activating group) is 1. The van der Waals surface area contributed by atoms with Gasteiger partial charge in [0.25, 0.3) is 0 Å². The van der Waals surface area contributed by atoms with Crippen molar-refractivity contribution >= 4 is 11.5 Å². The molecule has 0 amide bonds. The van der Waals surface area contributed by atoms with Gasteiger partial charge in [0.15, 0.2) is 0 Å². The quantitative estimate of drug-likeness (QED) is 0.848. The van der Waals surface area contributed by atoms with Crippen molar-refractivity contribution in [2.24, 2.45) is 0 Å². The third-order valence-corrected chi connectivity index (χ3v) is 3.98. The second kappa shape index (κ2) is 7.46.